The van der Waals surface area contributed by atoms with E-state index in [1.54, 1.807) is 0 Å². The Balaban J connectivity index is 1.72. The molecule has 2 rings (SSSR count). The van der Waals surface area contributed by atoms with E-state index in [-0.39, 0.29) is 24.4 Å². The predicted molar refractivity (Wildman–Crippen MR) is 69.0 cm³/mol. The topological polar surface area (TPSA) is 58.2 Å². The minimum atomic E-state index is -0.916. The summed E-state index contributed by atoms with van der Waals surface area (Å²) in [4.78, 5) is 23.0. The van der Waals surface area contributed by atoms with Gasteiger partial charge in [-0.1, -0.05) is 0 Å². The fraction of sp³-hybridized carbons (Fsp3) is 0.429. The largest absolute Gasteiger partial charge is 0.356 e. The molecule has 2 amide bonds. The van der Waals surface area contributed by atoms with Crippen LogP contribution in [0.15, 0.2) is 18.2 Å². The van der Waals surface area contributed by atoms with Crippen LogP contribution in [-0.4, -0.2) is 24.9 Å². The normalized spacial score (nSPS) is 13.9. The van der Waals surface area contributed by atoms with Gasteiger partial charge in [0.2, 0.25) is 5.91 Å². The van der Waals surface area contributed by atoms with Crippen LogP contribution in [0.5, 0.6) is 0 Å². The molecule has 0 radical (unpaired) electrons. The van der Waals surface area contributed by atoms with Crippen molar-refractivity contribution in [2.24, 2.45) is 5.92 Å². The van der Waals surface area contributed by atoms with E-state index in [0.717, 1.165) is 25.0 Å². The Kier molecular flexibility index (Phi) is 4.65. The van der Waals surface area contributed by atoms with Crippen LogP contribution >= 0.6 is 0 Å². The third-order valence-corrected chi connectivity index (χ3v) is 3.10. The summed E-state index contributed by atoms with van der Waals surface area (Å²) in [6.07, 6.45) is 2.45. The highest BCUT2D eigenvalue weighted by molar-refractivity contribution is 5.94. The molecule has 108 valence electrons. The van der Waals surface area contributed by atoms with Crippen LogP contribution in [0, 0.1) is 17.6 Å². The van der Waals surface area contributed by atoms with Crippen LogP contribution in [0.4, 0.5) is 8.78 Å². The van der Waals surface area contributed by atoms with Crippen molar-refractivity contribution < 1.29 is 18.4 Å². The number of amides is 2. The van der Waals surface area contributed by atoms with Crippen molar-refractivity contribution in [1.29, 1.82) is 0 Å². The summed E-state index contributed by atoms with van der Waals surface area (Å²) in [5.74, 6) is -1.85. The highest BCUT2D eigenvalue weighted by atomic mass is 19.1. The van der Waals surface area contributed by atoms with Crippen molar-refractivity contribution in [2.75, 3.05) is 13.1 Å². The molecule has 0 unspecified atom stereocenters. The molecule has 1 aromatic carbocycles. The SMILES string of the molecule is O=C(CCNC(=O)c1ccc(F)cc1F)NCC1CC1. The number of rotatable bonds is 6. The minimum Gasteiger partial charge on any atom is -0.356 e. The monoisotopic (exact) mass is 282 g/mol. The molecule has 1 aromatic rings. The molecule has 20 heavy (non-hydrogen) atoms. The van der Waals surface area contributed by atoms with E-state index >= 15 is 0 Å². The maximum atomic E-state index is 13.3. The third kappa shape index (κ3) is 4.29. The van der Waals surface area contributed by atoms with E-state index in [9.17, 15) is 18.4 Å². The minimum absolute atomic E-state index is 0.117. The van der Waals surface area contributed by atoms with Gasteiger partial charge >= 0.3 is 0 Å². The van der Waals surface area contributed by atoms with Crippen LogP contribution in [-0.2, 0) is 4.79 Å². The molecule has 6 heteroatoms. The molecule has 1 aliphatic carbocycles. The molecule has 0 aliphatic heterocycles. The summed E-state index contributed by atoms with van der Waals surface area (Å²) in [5, 5.41) is 5.19. The Labute approximate surface area is 115 Å². The fourth-order valence-corrected chi connectivity index (χ4v) is 1.73. The van der Waals surface area contributed by atoms with E-state index in [0.29, 0.717) is 18.5 Å². The van der Waals surface area contributed by atoms with Gasteiger partial charge in [-0.15, -0.1) is 0 Å². The molecule has 0 bridgehead atoms. The first-order valence-corrected chi connectivity index (χ1v) is 6.56. The number of hydrogen-bond donors (Lipinski definition) is 2. The number of carbonyl (C=O) groups excluding carboxylic acids is 2. The quantitative estimate of drug-likeness (QED) is 0.833. The summed E-state index contributed by atoms with van der Waals surface area (Å²) in [7, 11) is 0. The highest BCUT2D eigenvalue weighted by Crippen LogP contribution is 2.27. The molecule has 0 aromatic heterocycles. The van der Waals surface area contributed by atoms with Crippen molar-refractivity contribution >= 4 is 11.8 Å². The van der Waals surface area contributed by atoms with Crippen LogP contribution in [0.25, 0.3) is 0 Å². The first kappa shape index (κ1) is 14.4. The molecular weight excluding hydrogens is 266 g/mol. The maximum Gasteiger partial charge on any atom is 0.254 e. The van der Waals surface area contributed by atoms with Gasteiger partial charge in [-0.3, -0.25) is 9.59 Å². The zero-order valence-corrected chi connectivity index (χ0v) is 10.9. The second-order valence-corrected chi connectivity index (χ2v) is 4.88. The van der Waals surface area contributed by atoms with Crippen LogP contribution in [0.1, 0.15) is 29.6 Å². The van der Waals surface area contributed by atoms with Crippen molar-refractivity contribution in [3.05, 3.63) is 35.4 Å². The smallest absolute Gasteiger partial charge is 0.254 e. The Hall–Kier alpha value is -1.98. The molecule has 0 spiro atoms. The molecule has 0 atom stereocenters. The van der Waals surface area contributed by atoms with Crippen LogP contribution < -0.4 is 10.6 Å². The van der Waals surface area contributed by atoms with Gasteiger partial charge in [-0.2, -0.15) is 0 Å². The fourth-order valence-electron chi connectivity index (χ4n) is 1.73. The second kappa shape index (κ2) is 6.45. The molecular formula is C14H16F2N2O2. The number of nitrogens with one attached hydrogen (secondary N) is 2. The summed E-state index contributed by atoms with van der Waals surface area (Å²) in [6, 6.07) is 2.74. The molecule has 1 saturated carbocycles. The summed E-state index contributed by atoms with van der Waals surface area (Å²) < 4.78 is 26.0. The maximum absolute atomic E-state index is 13.3. The number of carbonyl (C=O) groups is 2. The average Bonchev–Trinajstić information content (AvgIpc) is 3.20. The van der Waals surface area contributed by atoms with Crippen molar-refractivity contribution in [3.63, 3.8) is 0 Å². The van der Waals surface area contributed by atoms with Gasteiger partial charge in [0.1, 0.15) is 11.6 Å². The Morgan fingerprint density at radius 1 is 1.20 bits per heavy atom. The Bertz CT molecular complexity index is 516. The zero-order chi connectivity index (χ0) is 14.5. The summed E-state index contributed by atoms with van der Waals surface area (Å²) >= 11 is 0. The number of benzene rings is 1. The third-order valence-electron chi connectivity index (χ3n) is 3.10. The van der Waals surface area contributed by atoms with E-state index in [1.165, 1.54) is 0 Å². The number of halogens is 2. The zero-order valence-electron chi connectivity index (χ0n) is 10.9. The molecule has 4 nitrogen and oxygen atoms in total. The van der Waals surface area contributed by atoms with Crippen molar-refractivity contribution in [2.45, 2.75) is 19.3 Å². The summed E-state index contributed by atoms with van der Waals surface area (Å²) in [6.45, 7) is 0.797. The second-order valence-electron chi connectivity index (χ2n) is 4.88. The molecule has 1 fully saturated rings. The number of hydrogen-bond acceptors (Lipinski definition) is 2. The van der Waals surface area contributed by atoms with Gasteiger partial charge in [-0.05, 0) is 30.9 Å². The first-order chi connectivity index (χ1) is 9.56. The molecule has 0 saturated heterocycles. The van der Waals surface area contributed by atoms with Gasteiger partial charge in [0.25, 0.3) is 5.91 Å². The Morgan fingerprint density at radius 3 is 2.60 bits per heavy atom. The molecule has 0 heterocycles. The summed E-state index contributed by atoms with van der Waals surface area (Å²) in [5.41, 5.74) is -0.232. The van der Waals surface area contributed by atoms with Gasteiger partial charge in [-0.25, -0.2) is 8.78 Å². The van der Waals surface area contributed by atoms with E-state index < -0.39 is 17.5 Å². The van der Waals surface area contributed by atoms with Gasteiger partial charge in [0.15, 0.2) is 0 Å². The van der Waals surface area contributed by atoms with Crippen molar-refractivity contribution in [1.82, 2.24) is 10.6 Å². The van der Waals surface area contributed by atoms with E-state index in [1.807, 2.05) is 0 Å². The van der Waals surface area contributed by atoms with Gasteiger partial charge in [0, 0.05) is 25.6 Å². The van der Waals surface area contributed by atoms with Gasteiger partial charge in [0.05, 0.1) is 5.56 Å². The van der Waals surface area contributed by atoms with Crippen LogP contribution in [0.2, 0.25) is 0 Å². The lowest BCUT2D eigenvalue weighted by molar-refractivity contribution is -0.121. The lowest BCUT2D eigenvalue weighted by atomic mass is 10.2. The lowest BCUT2D eigenvalue weighted by Crippen LogP contribution is -2.32. The van der Waals surface area contributed by atoms with Crippen molar-refractivity contribution in [3.8, 4) is 0 Å². The van der Waals surface area contributed by atoms with Crippen LogP contribution in [0.3, 0.4) is 0 Å². The molecule has 2 N–H and O–H groups in total. The van der Waals surface area contributed by atoms with Gasteiger partial charge < -0.3 is 10.6 Å². The average molecular weight is 282 g/mol. The Morgan fingerprint density at radius 2 is 1.95 bits per heavy atom. The molecule has 1 aliphatic rings. The first-order valence-electron chi connectivity index (χ1n) is 6.56. The predicted octanol–water partition coefficient (Wildman–Crippen LogP) is 1.61. The highest BCUT2D eigenvalue weighted by Gasteiger charge is 2.21. The lowest BCUT2D eigenvalue weighted by Gasteiger charge is -2.07. The van der Waals surface area contributed by atoms with E-state index in [4.69, 9.17) is 0 Å². The van der Waals surface area contributed by atoms with E-state index in [2.05, 4.69) is 10.6 Å². The standard InChI is InChI=1S/C14H16F2N2O2/c15-10-3-4-11(12(16)7-10)14(20)17-6-5-13(19)18-8-9-1-2-9/h3-4,7,9H,1-2,5-6,8H2,(H,17,20)(H,18,19).